The Bertz CT molecular complexity index is 491. The third-order valence-corrected chi connectivity index (χ3v) is 3.65. The van der Waals surface area contributed by atoms with Crippen LogP contribution in [-0.4, -0.2) is 34.5 Å². The predicted octanol–water partition coefficient (Wildman–Crippen LogP) is 2.48. The number of carboxylic acid groups (broad SMARTS) is 1. The van der Waals surface area contributed by atoms with Crippen molar-refractivity contribution in [3.63, 3.8) is 0 Å². The summed E-state index contributed by atoms with van der Waals surface area (Å²) in [6.45, 7) is 6.78. The number of nitrogens with zero attached hydrogens (tertiary/aromatic N) is 1. The van der Waals surface area contributed by atoms with E-state index in [0.717, 1.165) is 12.7 Å². The summed E-state index contributed by atoms with van der Waals surface area (Å²) < 4.78 is 5.08. The maximum atomic E-state index is 12.3. The quantitative estimate of drug-likeness (QED) is 0.887. The first-order valence-corrected chi connectivity index (χ1v) is 6.53. The number of furan rings is 1. The Morgan fingerprint density at radius 3 is 2.58 bits per heavy atom. The van der Waals surface area contributed by atoms with Gasteiger partial charge >= 0.3 is 5.97 Å². The highest BCUT2D eigenvalue weighted by atomic mass is 16.4. The molecule has 1 amide bonds. The minimum Gasteiger partial charge on any atom is -0.478 e. The zero-order valence-electron chi connectivity index (χ0n) is 11.4. The summed E-state index contributed by atoms with van der Waals surface area (Å²) in [5.74, 6) is -0.00352. The van der Waals surface area contributed by atoms with E-state index in [-0.39, 0.29) is 23.3 Å². The molecule has 0 spiro atoms. The van der Waals surface area contributed by atoms with Gasteiger partial charge in [-0.1, -0.05) is 6.92 Å². The number of hydrogen-bond donors (Lipinski definition) is 1. The van der Waals surface area contributed by atoms with Gasteiger partial charge in [0.15, 0.2) is 5.76 Å². The van der Waals surface area contributed by atoms with E-state index in [9.17, 15) is 9.59 Å². The Morgan fingerprint density at radius 2 is 2.16 bits per heavy atom. The molecule has 0 unspecified atom stereocenters. The molecule has 1 N–H and O–H groups in total. The molecule has 1 heterocycles. The number of aromatic carboxylic acids is 1. The van der Waals surface area contributed by atoms with Crippen LogP contribution in [0, 0.1) is 11.8 Å². The largest absolute Gasteiger partial charge is 0.478 e. The van der Waals surface area contributed by atoms with E-state index >= 15 is 0 Å². The maximum Gasteiger partial charge on any atom is 0.338 e. The van der Waals surface area contributed by atoms with Crippen molar-refractivity contribution in [2.75, 3.05) is 6.54 Å². The summed E-state index contributed by atoms with van der Waals surface area (Å²) in [4.78, 5) is 24.9. The molecule has 0 radical (unpaired) electrons. The minimum atomic E-state index is -1.09. The Morgan fingerprint density at radius 1 is 1.53 bits per heavy atom. The lowest BCUT2D eigenvalue weighted by molar-refractivity contribution is 0.0659. The van der Waals surface area contributed by atoms with E-state index in [0.29, 0.717) is 18.4 Å². The topological polar surface area (TPSA) is 70.8 Å². The number of amides is 1. The second-order valence-corrected chi connectivity index (χ2v) is 5.53. The monoisotopic (exact) mass is 265 g/mol. The summed E-state index contributed by atoms with van der Waals surface area (Å²) in [7, 11) is 0. The number of carbonyl (C=O) groups is 2. The lowest BCUT2D eigenvalue weighted by Gasteiger charge is -2.26. The zero-order valence-corrected chi connectivity index (χ0v) is 11.4. The molecule has 0 aliphatic heterocycles. The molecular formula is C14H19NO4. The lowest BCUT2D eigenvalue weighted by Crippen LogP contribution is -2.38. The molecule has 1 saturated carbocycles. The van der Waals surface area contributed by atoms with Gasteiger partial charge in [-0.15, -0.1) is 0 Å². The molecular weight excluding hydrogens is 246 g/mol. The molecule has 0 saturated heterocycles. The van der Waals surface area contributed by atoms with Crippen LogP contribution >= 0.6 is 0 Å². The van der Waals surface area contributed by atoms with Crippen molar-refractivity contribution in [3.05, 3.63) is 23.7 Å². The molecule has 2 atom stereocenters. The Balaban J connectivity index is 2.11. The number of carbonyl (C=O) groups excluding carboxylic acids is 1. The third-order valence-electron chi connectivity index (χ3n) is 3.65. The number of rotatable bonds is 5. The Kier molecular flexibility index (Phi) is 3.64. The van der Waals surface area contributed by atoms with Gasteiger partial charge in [0.1, 0.15) is 6.26 Å². The van der Waals surface area contributed by atoms with Crippen LogP contribution in [0.1, 0.15) is 48.1 Å². The van der Waals surface area contributed by atoms with Gasteiger partial charge in [0.25, 0.3) is 5.91 Å². The summed E-state index contributed by atoms with van der Waals surface area (Å²) in [6.07, 6.45) is 2.25. The van der Waals surface area contributed by atoms with E-state index < -0.39 is 5.97 Å². The molecule has 1 aromatic heterocycles. The first kappa shape index (κ1) is 13.6. The van der Waals surface area contributed by atoms with Gasteiger partial charge in [-0.2, -0.15) is 0 Å². The van der Waals surface area contributed by atoms with E-state index in [1.54, 1.807) is 4.90 Å². The molecule has 104 valence electrons. The standard InChI is InChI=1S/C14H19NO4/c1-8(2)15(6-10-4-9(10)3)13(16)12-5-11(7-19-12)14(17)18/h5,7-10H,4,6H2,1-3H3,(H,17,18)/t9-,10-/m0/s1. The van der Waals surface area contributed by atoms with Gasteiger partial charge in [0.05, 0.1) is 5.56 Å². The molecule has 1 aromatic rings. The van der Waals surface area contributed by atoms with Crippen molar-refractivity contribution in [2.45, 2.75) is 33.2 Å². The van der Waals surface area contributed by atoms with Crippen LogP contribution in [0.15, 0.2) is 16.7 Å². The normalized spacial score (nSPS) is 21.5. The van der Waals surface area contributed by atoms with Gasteiger partial charge < -0.3 is 14.4 Å². The molecule has 1 aliphatic carbocycles. The van der Waals surface area contributed by atoms with Crippen LogP contribution in [0.5, 0.6) is 0 Å². The summed E-state index contributed by atoms with van der Waals surface area (Å²) in [5, 5.41) is 8.83. The van der Waals surface area contributed by atoms with Crippen LogP contribution in [-0.2, 0) is 0 Å². The minimum absolute atomic E-state index is 0.00634. The molecule has 1 aliphatic rings. The Labute approximate surface area is 112 Å². The maximum absolute atomic E-state index is 12.3. The highest BCUT2D eigenvalue weighted by molar-refractivity contribution is 5.95. The van der Waals surface area contributed by atoms with Gasteiger partial charge in [0, 0.05) is 18.7 Å². The third kappa shape index (κ3) is 2.97. The molecule has 19 heavy (non-hydrogen) atoms. The van der Waals surface area contributed by atoms with Crippen LogP contribution in [0.2, 0.25) is 0 Å². The SMILES string of the molecule is CC(C)N(C[C@@H]1C[C@@H]1C)C(=O)c1cc(C(=O)O)co1. The van der Waals surface area contributed by atoms with Crippen molar-refractivity contribution in [1.82, 2.24) is 4.90 Å². The average Bonchev–Trinajstić information content (AvgIpc) is 2.84. The molecule has 5 heteroatoms. The van der Waals surface area contributed by atoms with Crippen LogP contribution in [0.25, 0.3) is 0 Å². The van der Waals surface area contributed by atoms with E-state index in [4.69, 9.17) is 9.52 Å². The van der Waals surface area contributed by atoms with Gasteiger partial charge in [-0.25, -0.2) is 4.79 Å². The van der Waals surface area contributed by atoms with Crippen molar-refractivity contribution in [3.8, 4) is 0 Å². The molecule has 1 fully saturated rings. The fourth-order valence-electron chi connectivity index (χ4n) is 2.14. The van der Waals surface area contributed by atoms with Gasteiger partial charge in [0.2, 0.25) is 0 Å². The molecule has 0 aromatic carbocycles. The highest BCUT2D eigenvalue weighted by Crippen LogP contribution is 2.38. The number of carboxylic acids is 1. The predicted molar refractivity (Wildman–Crippen MR) is 69.1 cm³/mol. The fourth-order valence-corrected chi connectivity index (χ4v) is 2.14. The second-order valence-electron chi connectivity index (χ2n) is 5.53. The van der Waals surface area contributed by atoms with E-state index in [2.05, 4.69) is 6.92 Å². The van der Waals surface area contributed by atoms with Crippen LogP contribution in [0.3, 0.4) is 0 Å². The Hall–Kier alpha value is -1.78. The highest BCUT2D eigenvalue weighted by Gasteiger charge is 2.36. The van der Waals surface area contributed by atoms with E-state index in [1.165, 1.54) is 6.07 Å². The summed E-state index contributed by atoms with van der Waals surface area (Å²) in [5.41, 5.74) is 0.00634. The van der Waals surface area contributed by atoms with Gasteiger partial charge in [-0.05, 0) is 32.1 Å². The van der Waals surface area contributed by atoms with Crippen LogP contribution in [0.4, 0.5) is 0 Å². The van der Waals surface area contributed by atoms with Crippen LogP contribution < -0.4 is 0 Å². The molecule has 5 nitrogen and oxygen atoms in total. The average molecular weight is 265 g/mol. The fraction of sp³-hybridized carbons (Fsp3) is 0.571. The smallest absolute Gasteiger partial charge is 0.338 e. The van der Waals surface area contributed by atoms with Crippen molar-refractivity contribution >= 4 is 11.9 Å². The first-order chi connectivity index (χ1) is 8.90. The lowest BCUT2D eigenvalue weighted by atomic mass is 10.2. The summed E-state index contributed by atoms with van der Waals surface area (Å²) >= 11 is 0. The summed E-state index contributed by atoms with van der Waals surface area (Å²) in [6, 6.07) is 1.36. The zero-order chi connectivity index (χ0) is 14.2. The van der Waals surface area contributed by atoms with Gasteiger partial charge in [-0.3, -0.25) is 4.79 Å². The van der Waals surface area contributed by atoms with E-state index in [1.807, 2.05) is 13.8 Å². The number of hydrogen-bond acceptors (Lipinski definition) is 3. The van der Waals surface area contributed by atoms with Crippen molar-refractivity contribution < 1.29 is 19.1 Å². The molecule has 2 rings (SSSR count). The second kappa shape index (κ2) is 5.07. The molecule has 0 bridgehead atoms. The van der Waals surface area contributed by atoms with Crippen molar-refractivity contribution in [1.29, 1.82) is 0 Å². The first-order valence-electron chi connectivity index (χ1n) is 6.53. The van der Waals surface area contributed by atoms with Crippen molar-refractivity contribution in [2.24, 2.45) is 11.8 Å².